The summed E-state index contributed by atoms with van der Waals surface area (Å²) in [5.41, 5.74) is 6.23. The second-order valence-corrected chi connectivity index (χ2v) is 10.4. The first-order chi connectivity index (χ1) is 15.6. The summed E-state index contributed by atoms with van der Waals surface area (Å²) >= 11 is 0. The highest BCUT2D eigenvalue weighted by molar-refractivity contribution is 5.70. The molecule has 1 spiro atoms. The van der Waals surface area contributed by atoms with Crippen molar-refractivity contribution in [1.82, 2.24) is 10.2 Å². The van der Waals surface area contributed by atoms with Crippen molar-refractivity contribution in [3.8, 4) is 0 Å². The van der Waals surface area contributed by atoms with Crippen LogP contribution in [0.5, 0.6) is 0 Å². The molecule has 33 heavy (non-hydrogen) atoms. The highest BCUT2D eigenvalue weighted by Crippen LogP contribution is 2.59. The van der Waals surface area contributed by atoms with Crippen LogP contribution in [0.2, 0.25) is 0 Å². The quantitative estimate of drug-likeness (QED) is 0.333. The molecule has 0 aromatic carbocycles. The Bertz CT molecular complexity index is 891. The van der Waals surface area contributed by atoms with E-state index in [1.54, 1.807) is 7.11 Å². The van der Waals surface area contributed by atoms with Crippen LogP contribution in [0.4, 0.5) is 6.01 Å². The second kappa shape index (κ2) is 9.00. The normalized spacial score (nSPS) is 36.0. The van der Waals surface area contributed by atoms with Crippen LogP contribution >= 0.6 is 0 Å². The maximum atomic E-state index is 13.0. The molecular weight excluding hydrogens is 426 g/mol. The van der Waals surface area contributed by atoms with Crippen molar-refractivity contribution in [2.75, 3.05) is 19.5 Å². The monoisotopic (exact) mass is 463 g/mol. The molecule has 3 fully saturated rings. The van der Waals surface area contributed by atoms with Gasteiger partial charge in [-0.2, -0.15) is 0 Å². The lowest BCUT2D eigenvalue weighted by molar-refractivity contribution is -0.172. The van der Waals surface area contributed by atoms with Crippen LogP contribution < -0.4 is 5.73 Å². The summed E-state index contributed by atoms with van der Waals surface area (Å²) in [6.07, 6.45) is 4.14. The van der Waals surface area contributed by atoms with E-state index in [0.717, 1.165) is 12.8 Å². The Kier molecular flexibility index (Phi) is 6.59. The number of esters is 1. The number of carbonyl (C=O) groups is 1. The zero-order valence-electron chi connectivity index (χ0n) is 20.5. The molecule has 1 saturated carbocycles. The summed E-state index contributed by atoms with van der Waals surface area (Å²) < 4.78 is 29.6. The number of rotatable bonds is 9. The summed E-state index contributed by atoms with van der Waals surface area (Å²) in [5, 5.41) is 7.70. The van der Waals surface area contributed by atoms with E-state index in [9.17, 15) is 4.79 Å². The molecule has 184 valence electrons. The Morgan fingerprint density at radius 3 is 2.61 bits per heavy atom. The molecule has 1 unspecified atom stereocenters. The fourth-order valence-corrected chi connectivity index (χ4v) is 5.47. The predicted octanol–water partition coefficient (Wildman–Crippen LogP) is 3.40. The third kappa shape index (κ3) is 4.81. The molecule has 9 nitrogen and oxygen atoms in total. The molecule has 3 aliphatic rings. The first-order valence-corrected chi connectivity index (χ1v) is 11.9. The van der Waals surface area contributed by atoms with Crippen LogP contribution in [-0.2, 0) is 23.7 Å². The summed E-state index contributed by atoms with van der Waals surface area (Å²) in [4.78, 5) is 13.0. The smallest absolute Gasteiger partial charge is 0.312 e. The van der Waals surface area contributed by atoms with E-state index in [2.05, 4.69) is 37.0 Å². The Morgan fingerprint density at radius 2 is 2.06 bits per heavy atom. The van der Waals surface area contributed by atoms with Crippen molar-refractivity contribution in [2.24, 2.45) is 11.8 Å². The zero-order chi connectivity index (χ0) is 24.0. The van der Waals surface area contributed by atoms with E-state index in [-0.39, 0.29) is 65.7 Å². The lowest BCUT2D eigenvalue weighted by atomic mass is 9.68. The van der Waals surface area contributed by atoms with Crippen molar-refractivity contribution in [3.63, 3.8) is 0 Å². The second-order valence-electron chi connectivity index (χ2n) is 10.4. The third-order valence-corrected chi connectivity index (χ3v) is 7.48. The van der Waals surface area contributed by atoms with Gasteiger partial charge in [0.1, 0.15) is 23.4 Å². The van der Waals surface area contributed by atoms with Crippen molar-refractivity contribution < 1.29 is 28.2 Å². The van der Waals surface area contributed by atoms with Gasteiger partial charge in [-0.05, 0) is 46.0 Å². The van der Waals surface area contributed by atoms with Crippen LogP contribution in [0.1, 0.15) is 72.1 Å². The van der Waals surface area contributed by atoms with Crippen LogP contribution in [0.25, 0.3) is 0 Å². The lowest BCUT2D eigenvalue weighted by Gasteiger charge is -2.42. The number of carbonyl (C=O) groups excluding carboxylic acids is 1. The van der Waals surface area contributed by atoms with Gasteiger partial charge in [0.25, 0.3) is 0 Å². The molecule has 2 saturated heterocycles. The van der Waals surface area contributed by atoms with E-state index in [1.807, 2.05) is 13.8 Å². The average Bonchev–Trinajstić information content (AvgIpc) is 3.62. The summed E-state index contributed by atoms with van der Waals surface area (Å²) in [6.45, 7) is 11.0. The van der Waals surface area contributed by atoms with Gasteiger partial charge in [-0.25, -0.2) is 0 Å². The van der Waals surface area contributed by atoms with Gasteiger partial charge in [-0.15, -0.1) is 5.10 Å². The Hall–Kier alpha value is -1.97. The number of epoxide rings is 2. The van der Waals surface area contributed by atoms with E-state index in [0.29, 0.717) is 18.9 Å². The minimum Gasteiger partial charge on any atom is -0.460 e. The number of anilines is 1. The van der Waals surface area contributed by atoms with Crippen LogP contribution in [0.3, 0.4) is 0 Å². The van der Waals surface area contributed by atoms with Gasteiger partial charge in [0, 0.05) is 7.11 Å². The number of nitrogens with zero attached hydrogens (tertiary/aromatic N) is 2. The fraction of sp³-hybridized carbons (Fsp3) is 0.792. The van der Waals surface area contributed by atoms with Crippen LogP contribution in [0.15, 0.2) is 16.1 Å². The number of nitrogen functional groups attached to an aromatic ring is 1. The molecule has 1 aromatic rings. The van der Waals surface area contributed by atoms with Crippen molar-refractivity contribution in [3.05, 3.63) is 17.5 Å². The van der Waals surface area contributed by atoms with Crippen LogP contribution in [-0.4, -0.2) is 59.4 Å². The molecule has 0 bridgehead atoms. The standard InChI is InChI=1S/C24H37N3O6/c1-13(2)7-8-17-23(5,33-17)20-19(29-6)16(9-10-24(20)12-30-24)31-18(28)11-15(14(3)4)21-26-27-22(25)32-21/h7,14-17,19-20H,8-12H2,1-6H3,(H2,25,27)/t15-,16+,17+,19?,20+,23-,24-/m0/s1. The lowest BCUT2D eigenvalue weighted by Crippen LogP contribution is -2.55. The minimum absolute atomic E-state index is 0.00579. The third-order valence-electron chi connectivity index (χ3n) is 7.48. The molecule has 9 heteroatoms. The van der Waals surface area contributed by atoms with Crippen LogP contribution in [0, 0.1) is 11.8 Å². The first kappa shape index (κ1) is 24.2. The molecule has 0 radical (unpaired) electrons. The van der Waals surface area contributed by atoms with Gasteiger partial charge in [0.2, 0.25) is 5.89 Å². The predicted molar refractivity (Wildman–Crippen MR) is 120 cm³/mol. The summed E-state index contributed by atoms with van der Waals surface area (Å²) in [5.74, 6) is -0.123. The SMILES string of the molecule is COC1[C@H](OC(=O)C[C@H](c2nnc(N)o2)C(C)C)CC[C@]2(CO2)[C@H]1[C@@]1(C)O[C@@H]1CC=C(C)C. The first-order valence-electron chi connectivity index (χ1n) is 11.9. The molecule has 3 heterocycles. The molecular formula is C24H37N3O6. The Balaban J connectivity index is 1.46. The van der Waals surface area contributed by atoms with E-state index >= 15 is 0 Å². The Labute approximate surface area is 195 Å². The van der Waals surface area contributed by atoms with Gasteiger partial charge >= 0.3 is 12.0 Å². The van der Waals surface area contributed by atoms with Gasteiger partial charge in [0.15, 0.2) is 0 Å². The maximum Gasteiger partial charge on any atom is 0.312 e. The van der Waals surface area contributed by atoms with Gasteiger partial charge < -0.3 is 29.1 Å². The van der Waals surface area contributed by atoms with E-state index in [1.165, 1.54) is 5.57 Å². The number of ether oxygens (including phenoxy) is 4. The fourth-order valence-electron chi connectivity index (χ4n) is 5.47. The Morgan fingerprint density at radius 1 is 1.33 bits per heavy atom. The number of allylic oxidation sites excluding steroid dienone is 1. The largest absolute Gasteiger partial charge is 0.460 e. The molecule has 0 amide bonds. The van der Waals surface area contributed by atoms with Crippen molar-refractivity contribution in [2.45, 2.75) is 95.7 Å². The average molecular weight is 464 g/mol. The molecule has 1 aliphatic carbocycles. The summed E-state index contributed by atoms with van der Waals surface area (Å²) in [6, 6.07) is -0.00587. The number of aromatic nitrogens is 2. The van der Waals surface area contributed by atoms with Gasteiger partial charge in [0.05, 0.1) is 31.0 Å². The highest BCUT2D eigenvalue weighted by Gasteiger charge is 2.72. The van der Waals surface area contributed by atoms with E-state index < -0.39 is 0 Å². The van der Waals surface area contributed by atoms with Gasteiger partial charge in [-0.1, -0.05) is 30.6 Å². The zero-order valence-corrected chi connectivity index (χ0v) is 20.5. The van der Waals surface area contributed by atoms with E-state index in [4.69, 9.17) is 29.1 Å². The van der Waals surface area contributed by atoms with Crippen molar-refractivity contribution in [1.29, 1.82) is 0 Å². The number of hydrogen-bond acceptors (Lipinski definition) is 9. The number of nitrogens with two attached hydrogens (primary N) is 1. The molecule has 2 aliphatic heterocycles. The topological polar surface area (TPSA) is 126 Å². The summed E-state index contributed by atoms with van der Waals surface area (Å²) in [7, 11) is 1.68. The molecule has 7 atom stereocenters. The molecule has 4 rings (SSSR count). The molecule has 2 N–H and O–H groups in total. The van der Waals surface area contributed by atoms with Crippen molar-refractivity contribution >= 4 is 12.0 Å². The number of methoxy groups -OCH3 is 1. The maximum absolute atomic E-state index is 13.0. The van der Waals surface area contributed by atoms with Gasteiger partial charge in [-0.3, -0.25) is 4.79 Å². The molecule has 1 aromatic heterocycles. The minimum atomic E-state index is -0.368. The highest BCUT2D eigenvalue weighted by atomic mass is 16.6. The number of hydrogen-bond donors (Lipinski definition) is 1.